The molecule has 1 unspecified atom stereocenters. The third-order valence-electron chi connectivity index (χ3n) is 4.21. The summed E-state index contributed by atoms with van der Waals surface area (Å²) in [5.74, 6) is 0. The molecule has 0 N–H and O–H groups in total. The quantitative estimate of drug-likeness (QED) is 0.398. The summed E-state index contributed by atoms with van der Waals surface area (Å²) < 4.78 is 27.2. The number of nitrogens with zero attached hydrogens (tertiary/aromatic N) is 2. The van der Waals surface area contributed by atoms with Crippen LogP contribution in [0, 0.1) is 11.3 Å². The second-order valence-electron chi connectivity index (χ2n) is 6.33. The van der Waals surface area contributed by atoms with E-state index in [0.29, 0.717) is 19.5 Å². The normalized spacial score (nSPS) is 13.2. The number of nitriles is 1. The van der Waals surface area contributed by atoms with Crippen LogP contribution in [0.25, 0.3) is 0 Å². The van der Waals surface area contributed by atoms with Gasteiger partial charge in [0, 0.05) is 13.1 Å². The van der Waals surface area contributed by atoms with Gasteiger partial charge in [0.05, 0.1) is 6.07 Å². The van der Waals surface area contributed by atoms with Gasteiger partial charge in [-0.2, -0.15) is 5.26 Å². The molecule has 0 rings (SSSR count). The SMILES string of the molecule is CCCCCCN(CCCCCC)S(=O)(=O)C(C#N)CCCC. The second kappa shape index (κ2) is 13.8. The predicted octanol–water partition coefficient (Wildman–Crippen LogP) is 4.86. The molecular formula is C18H36N2O2S. The minimum absolute atomic E-state index is 0.454. The van der Waals surface area contributed by atoms with Gasteiger partial charge in [-0.1, -0.05) is 72.1 Å². The van der Waals surface area contributed by atoms with Gasteiger partial charge in [0.25, 0.3) is 0 Å². The zero-order valence-corrected chi connectivity index (χ0v) is 16.2. The Morgan fingerprint density at radius 1 is 0.826 bits per heavy atom. The van der Waals surface area contributed by atoms with Crippen molar-refractivity contribution in [1.82, 2.24) is 4.31 Å². The number of rotatable bonds is 15. The molecule has 0 aliphatic rings. The fourth-order valence-corrected chi connectivity index (χ4v) is 4.37. The molecule has 0 aliphatic heterocycles. The van der Waals surface area contributed by atoms with E-state index in [1.165, 1.54) is 0 Å². The maximum Gasteiger partial charge on any atom is 0.230 e. The van der Waals surface area contributed by atoms with E-state index in [9.17, 15) is 13.7 Å². The van der Waals surface area contributed by atoms with Gasteiger partial charge >= 0.3 is 0 Å². The third-order valence-corrected chi connectivity index (χ3v) is 6.35. The predicted molar refractivity (Wildman–Crippen MR) is 97.7 cm³/mol. The maximum absolute atomic E-state index is 12.8. The molecule has 136 valence electrons. The first-order valence-electron chi connectivity index (χ1n) is 9.43. The Labute approximate surface area is 144 Å². The summed E-state index contributed by atoms with van der Waals surface area (Å²) in [5.41, 5.74) is 0. The van der Waals surface area contributed by atoms with Crippen LogP contribution in [0.15, 0.2) is 0 Å². The fourth-order valence-electron chi connectivity index (χ4n) is 2.65. The minimum atomic E-state index is -3.49. The molecule has 0 aliphatic carbocycles. The highest BCUT2D eigenvalue weighted by atomic mass is 32.2. The van der Waals surface area contributed by atoms with Gasteiger partial charge in [-0.3, -0.25) is 0 Å². The van der Waals surface area contributed by atoms with Crippen molar-refractivity contribution in [3.63, 3.8) is 0 Å². The van der Waals surface area contributed by atoms with Crippen molar-refractivity contribution in [1.29, 1.82) is 5.26 Å². The Morgan fingerprint density at radius 3 is 1.70 bits per heavy atom. The van der Waals surface area contributed by atoms with E-state index in [1.54, 1.807) is 4.31 Å². The van der Waals surface area contributed by atoms with Gasteiger partial charge in [0.15, 0.2) is 5.25 Å². The highest BCUT2D eigenvalue weighted by Gasteiger charge is 2.31. The molecular weight excluding hydrogens is 308 g/mol. The first kappa shape index (κ1) is 22.4. The molecule has 0 spiro atoms. The van der Waals surface area contributed by atoms with Crippen LogP contribution in [-0.2, 0) is 10.0 Å². The summed E-state index contributed by atoms with van der Waals surface area (Å²) in [5, 5.41) is 8.43. The van der Waals surface area contributed by atoms with Crippen LogP contribution >= 0.6 is 0 Å². The van der Waals surface area contributed by atoms with E-state index in [1.807, 2.05) is 13.0 Å². The van der Waals surface area contributed by atoms with Gasteiger partial charge in [-0.25, -0.2) is 12.7 Å². The Bertz CT molecular complexity index is 403. The largest absolute Gasteiger partial charge is 0.230 e. The van der Waals surface area contributed by atoms with Crippen LogP contribution < -0.4 is 0 Å². The van der Waals surface area contributed by atoms with E-state index in [0.717, 1.165) is 64.2 Å². The molecule has 0 saturated carbocycles. The van der Waals surface area contributed by atoms with E-state index < -0.39 is 15.3 Å². The highest BCUT2D eigenvalue weighted by Crippen LogP contribution is 2.17. The Balaban J connectivity index is 4.78. The molecule has 0 radical (unpaired) electrons. The summed E-state index contributed by atoms with van der Waals surface area (Å²) in [6.45, 7) is 7.46. The van der Waals surface area contributed by atoms with Crippen LogP contribution in [0.3, 0.4) is 0 Å². The standard InChI is InChI=1S/C18H36N2O2S/c1-4-7-10-12-15-20(16-13-11-8-5-2)23(21,22)18(17-19)14-9-6-3/h18H,4-16H2,1-3H3. The lowest BCUT2D eigenvalue weighted by molar-refractivity contribution is 0.381. The van der Waals surface area contributed by atoms with Crippen LogP contribution in [0.4, 0.5) is 0 Å². The van der Waals surface area contributed by atoms with Crippen molar-refractivity contribution in [3.05, 3.63) is 0 Å². The van der Waals surface area contributed by atoms with E-state index in [4.69, 9.17) is 0 Å². The fraction of sp³-hybridized carbons (Fsp3) is 0.944. The molecule has 1 atom stereocenters. The van der Waals surface area contributed by atoms with Crippen molar-refractivity contribution in [2.24, 2.45) is 0 Å². The number of sulfonamides is 1. The lowest BCUT2D eigenvalue weighted by atomic mass is 10.2. The maximum atomic E-state index is 12.8. The van der Waals surface area contributed by atoms with E-state index in [-0.39, 0.29) is 0 Å². The average molecular weight is 345 g/mol. The third kappa shape index (κ3) is 9.32. The average Bonchev–Trinajstić information content (AvgIpc) is 2.53. The highest BCUT2D eigenvalue weighted by molar-refractivity contribution is 7.90. The molecule has 0 heterocycles. The molecule has 0 amide bonds. The Kier molecular flexibility index (Phi) is 13.4. The smallest absolute Gasteiger partial charge is 0.211 e. The molecule has 0 bridgehead atoms. The van der Waals surface area contributed by atoms with Gasteiger partial charge in [0.2, 0.25) is 10.0 Å². The summed E-state index contributed by atoms with van der Waals surface area (Å²) in [7, 11) is -3.49. The van der Waals surface area contributed by atoms with Crippen LogP contribution in [-0.4, -0.2) is 31.1 Å². The summed E-state index contributed by atoms with van der Waals surface area (Å²) in [4.78, 5) is 0. The van der Waals surface area contributed by atoms with E-state index >= 15 is 0 Å². The van der Waals surface area contributed by atoms with Crippen molar-refractivity contribution >= 4 is 10.0 Å². The van der Waals surface area contributed by atoms with E-state index in [2.05, 4.69) is 13.8 Å². The lowest BCUT2D eigenvalue weighted by Crippen LogP contribution is -2.39. The van der Waals surface area contributed by atoms with Crippen molar-refractivity contribution in [2.75, 3.05) is 13.1 Å². The zero-order chi connectivity index (χ0) is 17.6. The summed E-state index contributed by atoms with van der Waals surface area (Å²) in [6.07, 6.45) is 10.6. The zero-order valence-electron chi connectivity index (χ0n) is 15.4. The van der Waals surface area contributed by atoms with Gasteiger partial charge < -0.3 is 0 Å². The second-order valence-corrected chi connectivity index (χ2v) is 8.44. The molecule has 0 fully saturated rings. The first-order valence-corrected chi connectivity index (χ1v) is 10.9. The first-order chi connectivity index (χ1) is 11.0. The van der Waals surface area contributed by atoms with Gasteiger partial charge in [-0.15, -0.1) is 0 Å². The van der Waals surface area contributed by atoms with Gasteiger partial charge in [-0.05, 0) is 19.3 Å². The molecule has 0 aromatic heterocycles. The van der Waals surface area contributed by atoms with Crippen molar-refractivity contribution in [3.8, 4) is 6.07 Å². The molecule has 4 nitrogen and oxygen atoms in total. The lowest BCUT2D eigenvalue weighted by Gasteiger charge is -2.24. The van der Waals surface area contributed by atoms with Crippen LogP contribution in [0.2, 0.25) is 0 Å². The molecule has 0 aromatic rings. The molecule has 23 heavy (non-hydrogen) atoms. The summed E-state index contributed by atoms with van der Waals surface area (Å²) >= 11 is 0. The van der Waals surface area contributed by atoms with Crippen molar-refractivity contribution in [2.45, 2.75) is 96.7 Å². The molecule has 0 aromatic carbocycles. The topological polar surface area (TPSA) is 61.2 Å². The van der Waals surface area contributed by atoms with Crippen LogP contribution in [0.1, 0.15) is 91.4 Å². The summed E-state index contributed by atoms with van der Waals surface area (Å²) in [6, 6.07) is 2.03. The molecule has 0 saturated heterocycles. The number of unbranched alkanes of at least 4 members (excludes halogenated alkanes) is 7. The number of hydrogen-bond donors (Lipinski definition) is 0. The monoisotopic (exact) mass is 344 g/mol. The minimum Gasteiger partial charge on any atom is -0.211 e. The molecule has 5 heteroatoms. The van der Waals surface area contributed by atoms with Crippen molar-refractivity contribution < 1.29 is 8.42 Å². The number of hydrogen-bond acceptors (Lipinski definition) is 3. The Morgan fingerprint density at radius 2 is 1.30 bits per heavy atom. The Hall–Kier alpha value is -0.600. The van der Waals surface area contributed by atoms with Crippen LogP contribution in [0.5, 0.6) is 0 Å². The van der Waals surface area contributed by atoms with Gasteiger partial charge in [0.1, 0.15) is 0 Å².